The molecule has 1 atom stereocenters. The van der Waals surface area contributed by atoms with Crippen molar-refractivity contribution in [1.29, 1.82) is 0 Å². The van der Waals surface area contributed by atoms with Gasteiger partial charge in [-0.2, -0.15) is 0 Å². The second kappa shape index (κ2) is 8.37. The van der Waals surface area contributed by atoms with E-state index in [0.29, 0.717) is 12.3 Å². The number of carboxylic acids is 1. The summed E-state index contributed by atoms with van der Waals surface area (Å²) in [5, 5.41) is 13.0. The summed E-state index contributed by atoms with van der Waals surface area (Å²) in [6.07, 6.45) is 0.653. The van der Waals surface area contributed by atoms with Crippen molar-refractivity contribution in [2.24, 2.45) is 5.92 Å². The smallest absolute Gasteiger partial charge is 0.310 e. The van der Waals surface area contributed by atoms with Gasteiger partial charge >= 0.3 is 5.97 Å². The number of rotatable bonds is 6. The summed E-state index contributed by atoms with van der Waals surface area (Å²) in [5.74, 6) is -0.849. The lowest BCUT2D eigenvalue weighted by Crippen LogP contribution is -2.43. The van der Waals surface area contributed by atoms with Gasteiger partial charge in [0.15, 0.2) is 0 Å². The van der Waals surface area contributed by atoms with Crippen LogP contribution in [-0.2, 0) is 4.79 Å². The summed E-state index contributed by atoms with van der Waals surface area (Å²) in [6, 6.07) is 16.6. The van der Waals surface area contributed by atoms with Gasteiger partial charge in [0.05, 0.1) is 5.92 Å². The van der Waals surface area contributed by atoms with E-state index in [-0.39, 0.29) is 0 Å². The average Bonchev–Trinajstić information content (AvgIpc) is 2.67. The largest absolute Gasteiger partial charge is 0.481 e. The highest BCUT2D eigenvalue weighted by atomic mass is 16.4. The summed E-state index contributed by atoms with van der Waals surface area (Å²) in [7, 11) is 0. The van der Waals surface area contributed by atoms with E-state index in [9.17, 15) is 9.90 Å². The summed E-state index contributed by atoms with van der Waals surface area (Å²) in [6.45, 7) is 8.24. The van der Waals surface area contributed by atoms with Gasteiger partial charge in [0, 0.05) is 31.9 Å². The summed E-state index contributed by atoms with van der Waals surface area (Å²) >= 11 is 0. The van der Waals surface area contributed by atoms with Gasteiger partial charge in [0.25, 0.3) is 0 Å². The Balaban J connectivity index is 1.82. The van der Waals surface area contributed by atoms with Crippen molar-refractivity contribution >= 4 is 11.7 Å². The highest BCUT2D eigenvalue weighted by Crippen LogP contribution is 2.29. The fourth-order valence-corrected chi connectivity index (χ4v) is 3.57. The molecule has 0 aromatic heterocycles. The lowest BCUT2D eigenvalue weighted by molar-refractivity contribution is -0.139. The first-order valence-electron chi connectivity index (χ1n) is 9.43. The fourth-order valence-electron chi connectivity index (χ4n) is 3.57. The van der Waals surface area contributed by atoms with Crippen molar-refractivity contribution in [2.45, 2.75) is 26.2 Å². The van der Waals surface area contributed by atoms with E-state index in [2.05, 4.69) is 54.4 Å². The monoisotopic (exact) mass is 352 g/mol. The molecule has 1 saturated heterocycles. The van der Waals surface area contributed by atoms with Gasteiger partial charge in [-0.1, -0.05) is 50.2 Å². The van der Waals surface area contributed by atoms with Crippen LogP contribution in [-0.4, -0.2) is 37.3 Å². The Kier molecular flexibility index (Phi) is 5.94. The Labute approximate surface area is 155 Å². The molecule has 0 amide bonds. The standard InChI is InChI=1S/C22H28N2O2/c1-16(2)14-21(22(25)26)19-5-3-4-18(15-19)17-6-8-20(9-7-17)24-12-10-23-11-13-24/h3-9,15-16,21,23H,10-14H2,1-2H3,(H,25,26). The normalized spacial score (nSPS) is 15.9. The second-order valence-corrected chi connectivity index (χ2v) is 7.43. The van der Waals surface area contributed by atoms with Gasteiger partial charge in [-0.25, -0.2) is 0 Å². The Morgan fingerprint density at radius 3 is 2.38 bits per heavy atom. The third kappa shape index (κ3) is 4.44. The number of piperazine rings is 1. The van der Waals surface area contributed by atoms with Gasteiger partial charge < -0.3 is 15.3 Å². The molecule has 1 aliphatic heterocycles. The average molecular weight is 352 g/mol. The first-order valence-corrected chi connectivity index (χ1v) is 9.43. The molecule has 4 heteroatoms. The highest BCUT2D eigenvalue weighted by molar-refractivity contribution is 5.77. The van der Waals surface area contributed by atoms with Crippen molar-refractivity contribution in [2.75, 3.05) is 31.1 Å². The molecular weight excluding hydrogens is 324 g/mol. The van der Waals surface area contributed by atoms with E-state index < -0.39 is 11.9 Å². The number of carboxylic acid groups (broad SMARTS) is 1. The first-order chi connectivity index (χ1) is 12.5. The van der Waals surface area contributed by atoms with Crippen molar-refractivity contribution in [1.82, 2.24) is 5.32 Å². The van der Waals surface area contributed by atoms with Crippen LogP contribution in [0.5, 0.6) is 0 Å². The zero-order valence-corrected chi connectivity index (χ0v) is 15.6. The molecule has 0 radical (unpaired) electrons. The Bertz CT molecular complexity index is 734. The minimum atomic E-state index is -0.745. The maximum absolute atomic E-state index is 11.7. The van der Waals surface area contributed by atoms with E-state index in [0.717, 1.165) is 42.9 Å². The van der Waals surface area contributed by atoms with E-state index >= 15 is 0 Å². The van der Waals surface area contributed by atoms with Crippen LogP contribution < -0.4 is 10.2 Å². The molecule has 1 fully saturated rings. The number of nitrogens with one attached hydrogen (secondary N) is 1. The van der Waals surface area contributed by atoms with Crippen molar-refractivity contribution in [3.05, 3.63) is 54.1 Å². The number of nitrogens with zero attached hydrogens (tertiary/aromatic N) is 1. The molecular formula is C22H28N2O2. The van der Waals surface area contributed by atoms with Crippen LogP contribution in [0.4, 0.5) is 5.69 Å². The van der Waals surface area contributed by atoms with Gasteiger partial charge in [-0.05, 0) is 41.2 Å². The SMILES string of the molecule is CC(C)CC(C(=O)O)c1cccc(-c2ccc(N3CCNCC3)cc2)c1. The molecule has 2 N–H and O–H groups in total. The third-order valence-corrected chi connectivity index (χ3v) is 4.98. The van der Waals surface area contributed by atoms with Crippen LogP contribution in [0.25, 0.3) is 11.1 Å². The zero-order valence-electron chi connectivity index (χ0n) is 15.6. The summed E-state index contributed by atoms with van der Waals surface area (Å²) < 4.78 is 0. The summed E-state index contributed by atoms with van der Waals surface area (Å²) in [5.41, 5.74) is 4.33. The fraction of sp³-hybridized carbons (Fsp3) is 0.409. The molecule has 2 aromatic rings. The summed E-state index contributed by atoms with van der Waals surface area (Å²) in [4.78, 5) is 14.1. The van der Waals surface area contributed by atoms with Crippen LogP contribution in [0.2, 0.25) is 0 Å². The molecule has 3 rings (SSSR count). The molecule has 1 aliphatic rings. The number of aliphatic carboxylic acids is 1. The van der Waals surface area contributed by atoms with Crippen LogP contribution in [0.1, 0.15) is 31.7 Å². The van der Waals surface area contributed by atoms with Crippen LogP contribution >= 0.6 is 0 Å². The van der Waals surface area contributed by atoms with Gasteiger partial charge in [-0.3, -0.25) is 4.79 Å². The number of anilines is 1. The molecule has 26 heavy (non-hydrogen) atoms. The minimum Gasteiger partial charge on any atom is -0.481 e. The quantitative estimate of drug-likeness (QED) is 0.826. The van der Waals surface area contributed by atoms with E-state index in [4.69, 9.17) is 0 Å². The third-order valence-electron chi connectivity index (χ3n) is 4.98. The number of hydrogen-bond donors (Lipinski definition) is 2. The molecule has 1 heterocycles. The maximum atomic E-state index is 11.7. The lowest BCUT2D eigenvalue weighted by Gasteiger charge is -2.29. The van der Waals surface area contributed by atoms with E-state index in [1.165, 1.54) is 5.69 Å². The Morgan fingerprint density at radius 1 is 1.08 bits per heavy atom. The number of benzene rings is 2. The maximum Gasteiger partial charge on any atom is 0.310 e. The molecule has 0 bridgehead atoms. The Morgan fingerprint density at radius 2 is 1.77 bits per heavy atom. The Hall–Kier alpha value is -2.33. The molecule has 2 aromatic carbocycles. The molecule has 1 unspecified atom stereocenters. The molecule has 4 nitrogen and oxygen atoms in total. The molecule has 0 spiro atoms. The predicted molar refractivity (Wildman–Crippen MR) is 107 cm³/mol. The van der Waals surface area contributed by atoms with Gasteiger partial charge in [0.2, 0.25) is 0 Å². The van der Waals surface area contributed by atoms with Crippen LogP contribution in [0.3, 0.4) is 0 Å². The lowest BCUT2D eigenvalue weighted by atomic mass is 9.88. The van der Waals surface area contributed by atoms with Crippen molar-refractivity contribution in [3.63, 3.8) is 0 Å². The van der Waals surface area contributed by atoms with Crippen LogP contribution in [0, 0.1) is 5.92 Å². The van der Waals surface area contributed by atoms with Crippen molar-refractivity contribution < 1.29 is 9.90 Å². The van der Waals surface area contributed by atoms with Crippen molar-refractivity contribution in [3.8, 4) is 11.1 Å². The number of hydrogen-bond acceptors (Lipinski definition) is 3. The predicted octanol–water partition coefficient (Wildman–Crippen LogP) is 3.98. The van der Waals surface area contributed by atoms with E-state index in [1.807, 2.05) is 18.2 Å². The zero-order chi connectivity index (χ0) is 18.5. The van der Waals surface area contributed by atoms with Crippen LogP contribution in [0.15, 0.2) is 48.5 Å². The number of carbonyl (C=O) groups is 1. The molecule has 138 valence electrons. The highest BCUT2D eigenvalue weighted by Gasteiger charge is 2.21. The van der Waals surface area contributed by atoms with E-state index in [1.54, 1.807) is 0 Å². The topological polar surface area (TPSA) is 52.6 Å². The molecule has 0 aliphatic carbocycles. The molecule has 0 saturated carbocycles. The van der Waals surface area contributed by atoms with Gasteiger partial charge in [-0.15, -0.1) is 0 Å². The first kappa shape index (κ1) is 18.5. The second-order valence-electron chi connectivity index (χ2n) is 7.43. The minimum absolute atomic E-state index is 0.345. The van der Waals surface area contributed by atoms with Gasteiger partial charge in [0.1, 0.15) is 0 Å².